The van der Waals surface area contributed by atoms with Gasteiger partial charge in [0.1, 0.15) is 0 Å². The first kappa shape index (κ1) is 24.1. The second-order valence-corrected chi connectivity index (χ2v) is 7.40. The number of hydrogen-bond acceptors (Lipinski definition) is 3. The summed E-state index contributed by atoms with van der Waals surface area (Å²) in [6.07, 6.45) is 8.90. The van der Waals surface area contributed by atoms with Crippen LogP contribution in [0, 0.1) is 17.8 Å². The lowest BCUT2D eigenvalue weighted by Gasteiger charge is -2.21. The van der Waals surface area contributed by atoms with Crippen LogP contribution in [0.15, 0.2) is 12.2 Å². The Morgan fingerprint density at radius 2 is 2.04 bits per heavy atom. The molecule has 28 heavy (non-hydrogen) atoms. The largest absolute Gasteiger partial charge is 0.469 e. The van der Waals surface area contributed by atoms with E-state index in [1.807, 2.05) is 13.0 Å². The molecule has 0 aromatic heterocycles. The fourth-order valence-corrected chi connectivity index (χ4v) is 3.19. The van der Waals surface area contributed by atoms with Crippen LogP contribution >= 0.6 is 0 Å². The Bertz CT molecular complexity index is 592. The number of allylic oxidation sites excluding steroid dienone is 1. The monoisotopic (exact) mass is 397 g/mol. The van der Waals surface area contributed by atoms with Crippen molar-refractivity contribution in [2.75, 3.05) is 13.7 Å². The van der Waals surface area contributed by atoms with Crippen molar-refractivity contribution < 1.29 is 23.1 Å². The minimum atomic E-state index is -3.28. The fraction of sp³-hybridized carbons (Fsp3) is 0.727. The molecule has 1 aliphatic heterocycles. The number of unbranched alkanes of at least 4 members (excludes halogenated alkanes) is 3. The lowest BCUT2D eigenvalue weighted by Crippen LogP contribution is -2.36. The maximum absolute atomic E-state index is 13.9. The summed E-state index contributed by atoms with van der Waals surface area (Å²) in [6, 6.07) is -0.550. The maximum Gasteiger partial charge on any atom is 0.327 e. The average Bonchev–Trinajstić information content (AvgIpc) is 2.87. The summed E-state index contributed by atoms with van der Waals surface area (Å²) >= 11 is 0. The number of halogens is 2. The number of nitrogens with zero attached hydrogens (tertiary/aromatic N) is 1. The number of hydrogen-bond donors (Lipinski definition) is 0. The van der Waals surface area contributed by atoms with E-state index in [1.54, 1.807) is 6.08 Å². The number of rotatable bonds is 11. The van der Waals surface area contributed by atoms with Crippen molar-refractivity contribution in [1.29, 1.82) is 0 Å². The lowest BCUT2D eigenvalue weighted by molar-refractivity contribution is -0.148. The van der Waals surface area contributed by atoms with Crippen molar-refractivity contribution in [1.82, 2.24) is 4.90 Å². The molecule has 0 N–H and O–H groups in total. The van der Waals surface area contributed by atoms with Crippen LogP contribution in [0.5, 0.6) is 0 Å². The van der Waals surface area contributed by atoms with Crippen LogP contribution in [0.1, 0.15) is 71.6 Å². The van der Waals surface area contributed by atoms with Crippen LogP contribution in [-0.4, -0.2) is 42.4 Å². The molecule has 0 aliphatic carbocycles. The highest BCUT2D eigenvalue weighted by Crippen LogP contribution is 2.34. The van der Waals surface area contributed by atoms with E-state index < -0.39 is 24.3 Å². The maximum atomic E-state index is 13.9. The van der Waals surface area contributed by atoms with E-state index >= 15 is 0 Å². The van der Waals surface area contributed by atoms with Gasteiger partial charge in [-0.25, -0.2) is 0 Å². The molecule has 158 valence electrons. The van der Waals surface area contributed by atoms with Gasteiger partial charge in [0, 0.05) is 32.2 Å². The number of methoxy groups -OCH3 is 1. The van der Waals surface area contributed by atoms with E-state index in [0.717, 1.165) is 32.1 Å². The molecule has 0 spiro atoms. The van der Waals surface area contributed by atoms with Gasteiger partial charge in [0.2, 0.25) is 0 Å². The lowest BCUT2D eigenvalue weighted by atomic mass is 10.0. The van der Waals surface area contributed by atoms with E-state index in [1.165, 1.54) is 12.0 Å². The zero-order valence-corrected chi connectivity index (χ0v) is 17.3. The molecule has 0 bridgehead atoms. The molecule has 0 aromatic rings. The number of esters is 1. The van der Waals surface area contributed by atoms with Crippen molar-refractivity contribution in [3.05, 3.63) is 12.2 Å². The molecule has 4 nitrogen and oxygen atoms in total. The van der Waals surface area contributed by atoms with Gasteiger partial charge in [0.05, 0.1) is 13.2 Å². The Kier molecular flexibility index (Phi) is 10.8. The molecule has 6 heteroatoms. The highest BCUT2D eigenvalue weighted by molar-refractivity contribution is 5.86. The summed E-state index contributed by atoms with van der Waals surface area (Å²) in [5.41, 5.74) is 0. The third-order valence-electron chi connectivity index (χ3n) is 4.85. The molecule has 1 aliphatic rings. The molecule has 1 heterocycles. The minimum absolute atomic E-state index is 0.241. The van der Waals surface area contributed by atoms with Crippen LogP contribution in [-0.2, 0) is 14.3 Å². The Morgan fingerprint density at radius 1 is 1.32 bits per heavy atom. The number of ether oxygens (including phenoxy) is 1. The number of alkyl halides is 2. The zero-order chi connectivity index (χ0) is 21.0. The molecular formula is C22H33F2NO3. The second-order valence-electron chi connectivity index (χ2n) is 7.40. The molecule has 1 saturated heterocycles. The zero-order valence-electron chi connectivity index (χ0n) is 17.3. The van der Waals surface area contributed by atoms with Gasteiger partial charge in [0.15, 0.2) is 0 Å². The molecule has 2 unspecified atom stereocenters. The highest BCUT2D eigenvalue weighted by atomic mass is 19.3. The van der Waals surface area contributed by atoms with Crippen LogP contribution in [0.4, 0.5) is 8.78 Å². The highest BCUT2D eigenvalue weighted by Gasteiger charge is 2.52. The summed E-state index contributed by atoms with van der Waals surface area (Å²) < 4.78 is 32.4. The summed E-state index contributed by atoms with van der Waals surface area (Å²) in [4.78, 5) is 24.4. The SMILES string of the molecule is CCC#CCC(C)C/C=C/C1CC(F)(F)C(=O)N1CCCCCCC(=O)OC. The van der Waals surface area contributed by atoms with Gasteiger partial charge in [0.25, 0.3) is 5.91 Å². The van der Waals surface area contributed by atoms with E-state index in [4.69, 9.17) is 0 Å². The molecule has 1 amide bonds. The number of carbonyl (C=O) groups is 2. The van der Waals surface area contributed by atoms with Crippen molar-refractivity contribution in [2.24, 2.45) is 5.92 Å². The van der Waals surface area contributed by atoms with Crippen LogP contribution in [0.25, 0.3) is 0 Å². The third kappa shape index (κ3) is 8.41. The van der Waals surface area contributed by atoms with Crippen LogP contribution in [0.2, 0.25) is 0 Å². The van der Waals surface area contributed by atoms with Crippen LogP contribution < -0.4 is 0 Å². The Morgan fingerprint density at radius 3 is 2.71 bits per heavy atom. The van der Waals surface area contributed by atoms with Gasteiger partial charge in [-0.2, -0.15) is 8.78 Å². The normalized spacial score (nSPS) is 19.5. The molecular weight excluding hydrogens is 364 g/mol. The van der Waals surface area contributed by atoms with E-state index in [-0.39, 0.29) is 5.97 Å². The molecule has 1 fully saturated rings. The molecule has 0 aromatic carbocycles. The molecule has 0 radical (unpaired) electrons. The smallest absolute Gasteiger partial charge is 0.327 e. The van der Waals surface area contributed by atoms with E-state index in [2.05, 4.69) is 23.5 Å². The summed E-state index contributed by atoms with van der Waals surface area (Å²) in [5.74, 6) is 1.90. The fourth-order valence-electron chi connectivity index (χ4n) is 3.19. The van der Waals surface area contributed by atoms with Gasteiger partial charge in [-0.1, -0.05) is 38.8 Å². The van der Waals surface area contributed by atoms with Gasteiger partial charge in [-0.3, -0.25) is 9.59 Å². The first-order valence-electron chi connectivity index (χ1n) is 10.2. The predicted octanol–water partition coefficient (Wildman–Crippen LogP) is 4.73. The van der Waals surface area contributed by atoms with Gasteiger partial charge < -0.3 is 9.64 Å². The first-order valence-corrected chi connectivity index (χ1v) is 10.2. The topological polar surface area (TPSA) is 46.6 Å². The average molecular weight is 398 g/mol. The number of likely N-dealkylation sites (tertiary alicyclic amines) is 1. The van der Waals surface area contributed by atoms with Gasteiger partial charge >= 0.3 is 11.9 Å². The summed E-state index contributed by atoms with van der Waals surface area (Å²) in [6.45, 7) is 4.40. The van der Waals surface area contributed by atoms with Crippen LogP contribution in [0.3, 0.4) is 0 Å². The number of carbonyl (C=O) groups excluding carboxylic acids is 2. The quantitative estimate of drug-likeness (QED) is 0.219. The number of amides is 1. The summed E-state index contributed by atoms with van der Waals surface area (Å²) in [7, 11) is 1.36. The van der Waals surface area contributed by atoms with Crippen molar-refractivity contribution in [3.8, 4) is 11.8 Å². The predicted molar refractivity (Wildman–Crippen MR) is 106 cm³/mol. The molecule has 0 saturated carbocycles. The van der Waals surface area contributed by atoms with Crippen molar-refractivity contribution in [3.63, 3.8) is 0 Å². The third-order valence-corrected chi connectivity index (χ3v) is 4.85. The van der Waals surface area contributed by atoms with Crippen molar-refractivity contribution >= 4 is 11.9 Å². The van der Waals surface area contributed by atoms with Gasteiger partial charge in [-0.15, -0.1) is 11.8 Å². The van der Waals surface area contributed by atoms with E-state index in [0.29, 0.717) is 31.7 Å². The minimum Gasteiger partial charge on any atom is -0.469 e. The molecule has 2 atom stereocenters. The second kappa shape index (κ2) is 12.5. The molecule has 1 rings (SSSR count). The Labute approximate surface area is 167 Å². The standard InChI is InChI=1S/C22H33F2NO3/c1-4-5-8-12-18(2)13-11-14-19-17-22(23,24)21(27)25(19)16-10-7-6-9-15-20(26)28-3/h11,14,18-19H,4,6-7,9-10,12-13,15-17H2,1-3H3/b14-11+. The van der Waals surface area contributed by atoms with E-state index in [9.17, 15) is 18.4 Å². The Balaban J connectivity index is 2.46. The Hall–Kier alpha value is -1.90. The van der Waals surface area contributed by atoms with Gasteiger partial charge in [-0.05, 0) is 25.2 Å². The van der Waals surface area contributed by atoms with Crippen molar-refractivity contribution in [2.45, 2.75) is 83.6 Å². The first-order chi connectivity index (χ1) is 13.3. The summed E-state index contributed by atoms with van der Waals surface area (Å²) in [5, 5.41) is 0.